The van der Waals surface area contributed by atoms with Crippen LogP contribution in [-0.4, -0.2) is 5.91 Å². The number of furan rings is 1. The molecule has 0 atom stereocenters. The average Bonchev–Trinajstić information content (AvgIpc) is 3.20. The van der Waals surface area contributed by atoms with Crippen LogP contribution in [0.5, 0.6) is 0 Å². The standard InChI is InChI=1S/C15H15IN2O2/c16-14-7-6-13(20-14)9-17-11-2-1-3-12(8-11)18-15(19)10-4-5-10/h1-3,6-8,10,17H,4-5,9H2,(H,18,19). The molecule has 1 aromatic heterocycles. The number of hydrogen-bond acceptors (Lipinski definition) is 3. The van der Waals surface area contributed by atoms with Crippen molar-refractivity contribution in [2.45, 2.75) is 19.4 Å². The van der Waals surface area contributed by atoms with Crippen LogP contribution in [0.1, 0.15) is 18.6 Å². The molecule has 1 saturated carbocycles. The lowest BCUT2D eigenvalue weighted by atomic mass is 10.2. The van der Waals surface area contributed by atoms with Crippen LogP contribution in [0.15, 0.2) is 40.8 Å². The van der Waals surface area contributed by atoms with Crippen molar-refractivity contribution >= 4 is 39.9 Å². The molecule has 2 aromatic rings. The molecule has 1 aromatic carbocycles. The Balaban J connectivity index is 1.60. The van der Waals surface area contributed by atoms with Gasteiger partial charge in [0.1, 0.15) is 5.76 Å². The van der Waals surface area contributed by atoms with Crippen LogP contribution >= 0.6 is 22.6 Å². The number of anilines is 2. The van der Waals surface area contributed by atoms with Gasteiger partial charge in [-0.15, -0.1) is 0 Å². The van der Waals surface area contributed by atoms with E-state index in [9.17, 15) is 4.79 Å². The highest BCUT2D eigenvalue weighted by Crippen LogP contribution is 2.30. The van der Waals surface area contributed by atoms with Crippen molar-refractivity contribution in [1.29, 1.82) is 0 Å². The van der Waals surface area contributed by atoms with Crippen LogP contribution in [-0.2, 0) is 11.3 Å². The molecule has 1 heterocycles. The zero-order chi connectivity index (χ0) is 13.9. The molecule has 20 heavy (non-hydrogen) atoms. The quantitative estimate of drug-likeness (QED) is 0.773. The van der Waals surface area contributed by atoms with Crippen LogP contribution in [0.2, 0.25) is 0 Å². The van der Waals surface area contributed by atoms with Crippen LogP contribution in [0, 0.1) is 9.68 Å². The molecule has 1 fully saturated rings. The Kier molecular flexibility index (Phi) is 3.95. The number of amides is 1. The highest BCUT2D eigenvalue weighted by Gasteiger charge is 2.29. The van der Waals surface area contributed by atoms with E-state index in [1.807, 2.05) is 36.4 Å². The lowest BCUT2D eigenvalue weighted by Gasteiger charge is -2.08. The van der Waals surface area contributed by atoms with E-state index in [2.05, 4.69) is 33.2 Å². The van der Waals surface area contributed by atoms with E-state index in [0.29, 0.717) is 6.54 Å². The topological polar surface area (TPSA) is 54.3 Å². The second-order valence-corrected chi connectivity index (χ2v) is 5.97. The summed E-state index contributed by atoms with van der Waals surface area (Å²) in [7, 11) is 0. The third-order valence-corrected chi connectivity index (χ3v) is 3.75. The third kappa shape index (κ3) is 3.53. The van der Waals surface area contributed by atoms with Crippen molar-refractivity contribution in [1.82, 2.24) is 0 Å². The van der Waals surface area contributed by atoms with Crippen molar-refractivity contribution in [3.8, 4) is 0 Å². The van der Waals surface area contributed by atoms with E-state index in [0.717, 1.165) is 33.7 Å². The minimum Gasteiger partial charge on any atom is -0.454 e. The number of benzene rings is 1. The number of carbonyl (C=O) groups is 1. The van der Waals surface area contributed by atoms with Gasteiger partial charge in [0.25, 0.3) is 0 Å². The van der Waals surface area contributed by atoms with Gasteiger partial charge in [-0.1, -0.05) is 6.07 Å². The number of halogens is 1. The lowest BCUT2D eigenvalue weighted by Crippen LogP contribution is -2.13. The first-order valence-corrected chi connectivity index (χ1v) is 7.67. The fraction of sp³-hybridized carbons (Fsp3) is 0.267. The van der Waals surface area contributed by atoms with Crippen LogP contribution < -0.4 is 10.6 Å². The van der Waals surface area contributed by atoms with Gasteiger partial charge >= 0.3 is 0 Å². The van der Waals surface area contributed by atoms with Crippen LogP contribution in [0.25, 0.3) is 0 Å². The summed E-state index contributed by atoms with van der Waals surface area (Å²) in [6.45, 7) is 0.628. The fourth-order valence-corrected chi connectivity index (χ4v) is 2.40. The molecule has 0 radical (unpaired) electrons. The van der Waals surface area contributed by atoms with Crippen molar-refractivity contribution in [3.05, 3.63) is 45.9 Å². The van der Waals surface area contributed by atoms with Crippen LogP contribution in [0.4, 0.5) is 11.4 Å². The Bertz CT molecular complexity index is 620. The number of rotatable bonds is 5. The Hall–Kier alpha value is -1.50. The van der Waals surface area contributed by atoms with Crippen molar-refractivity contribution in [2.24, 2.45) is 5.92 Å². The normalized spacial score (nSPS) is 14.1. The molecule has 0 spiro atoms. The summed E-state index contributed by atoms with van der Waals surface area (Å²) < 4.78 is 6.37. The van der Waals surface area contributed by atoms with Crippen molar-refractivity contribution < 1.29 is 9.21 Å². The maximum absolute atomic E-state index is 11.7. The molecule has 0 unspecified atom stereocenters. The first-order chi connectivity index (χ1) is 9.70. The molecule has 104 valence electrons. The van der Waals surface area contributed by atoms with Gasteiger partial charge in [0, 0.05) is 17.3 Å². The maximum Gasteiger partial charge on any atom is 0.227 e. The van der Waals surface area contributed by atoms with Gasteiger partial charge in [-0.3, -0.25) is 4.79 Å². The van der Waals surface area contributed by atoms with Gasteiger partial charge in [0.2, 0.25) is 5.91 Å². The summed E-state index contributed by atoms with van der Waals surface area (Å²) in [5.41, 5.74) is 1.80. The second-order valence-electron chi connectivity index (χ2n) is 4.90. The van der Waals surface area contributed by atoms with Gasteiger partial charge in [0.05, 0.1) is 6.54 Å². The van der Waals surface area contributed by atoms with Gasteiger partial charge in [-0.05, 0) is 65.8 Å². The van der Waals surface area contributed by atoms with Crippen molar-refractivity contribution in [2.75, 3.05) is 10.6 Å². The van der Waals surface area contributed by atoms with E-state index in [1.165, 1.54) is 0 Å². The summed E-state index contributed by atoms with van der Waals surface area (Å²) >= 11 is 2.14. The fourth-order valence-electron chi connectivity index (χ4n) is 1.93. The largest absolute Gasteiger partial charge is 0.454 e. The summed E-state index contributed by atoms with van der Waals surface area (Å²) in [4.78, 5) is 11.7. The summed E-state index contributed by atoms with van der Waals surface area (Å²) in [6, 6.07) is 11.6. The molecular weight excluding hydrogens is 367 g/mol. The zero-order valence-electron chi connectivity index (χ0n) is 10.9. The molecule has 0 aliphatic heterocycles. The first-order valence-electron chi connectivity index (χ1n) is 6.60. The average molecular weight is 382 g/mol. The molecule has 1 amide bonds. The van der Waals surface area contributed by atoms with E-state index in [-0.39, 0.29) is 11.8 Å². The molecule has 2 N–H and O–H groups in total. The summed E-state index contributed by atoms with van der Waals surface area (Å²) in [5.74, 6) is 1.24. The van der Waals surface area contributed by atoms with Gasteiger partial charge < -0.3 is 15.1 Å². The predicted octanol–water partition coefficient (Wildman–Crippen LogP) is 3.84. The minimum absolute atomic E-state index is 0.128. The lowest BCUT2D eigenvalue weighted by molar-refractivity contribution is -0.117. The molecular formula is C15H15IN2O2. The Morgan fingerprint density at radius 2 is 2.05 bits per heavy atom. The molecule has 5 heteroatoms. The van der Waals surface area contributed by atoms with Crippen molar-refractivity contribution in [3.63, 3.8) is 0 Å². The highest BCUT2D eigenvalue weighted by molar-refractivity contribution is 14.1. The minimum atomic E-state index is 0.128. The smallest absolute Gasteiger partial charge is 0.227 e. The van der Waals surface area contributed by atoms with E-state index in [1.54, 1.807) is 0 Å². The molecule has 1 aliphatic rings. The second kappa shape index (κ2) is 5.87. The molecule has 0 bridgehead atoms. The van der Waals surface area contributed by atoms with E-state index < -0.39 is 0 Å². The predicted molar refractivity (Wildman–Crippen MR) is 86.5 cm³/mol. The van der Waals surface area contributed by atoms with E-state index in [4.69, 9.17) is 4.42 Å². The van der Waals surface area contributed by atoms with Gasteiger partial charge in [-0.25, -0.2) is 0 Å². The number of carbonyl (C=O) groups excluding carboxylic acids is 1. The van der Waals surface area contributed by atoms with Gasteiger partial charge in [-0.2, -0.15) is 0 Å². The Labute approximate surface area is 131 Å². The zero-order valence-corrected chi connectivity index (χ0v) is 13.0. The first kappa shape index (κ1) is 13.5. The highest BCUT2D eigenvalue weighted by atomic mass is 127. The van der Waals surface area contributed by atoms with Gasteiger partial charge in [0.15, 0.2) is 3.77 Å². The molecule has 3 rings (SSSR count). The monoisotopic (exact) mass is 382 g/mol. The summed E-state index contributed by atoms with van der Waals surface area (Å²) in [5, 5.41) is 6.23. The van der Waals surface area contributed by atoms with Crippen LogP contribution in [0.3, 0.4) is 0 Å². The Morgan fingerprint density at radius 3 is 2.75 bits per heavy atom. The Morgan fingerprint density at radius 1 is 1.25 bits per heavy atom. The SMILES string of the molecule is O=C(Nc1cccc(NCc2ccc(I)o2)c1)C1CC1. The summed E-state index contributed by atoms with van der Waals surface area (Å²) in [6.07, 6.45) is 2.03. The molecule has 0 saturated heterocycles. The molecule has 1 aliphatic carbocycles. The number of nitrogens with one attached hydrogen (secondary N) is 2. The van der Waals surface area contributed by atoms with E-state index >= 15 is 0 Å². The third-order valence-electron chi connectivity index (χ3n) is 3.17. The maximum atomic E-state index is 11.7. The number of hydrogen-bond donors (Lipinski definition) is 2. The molecule has 4 nitrogen and oxygen atoms in total.